The molecule has 33 heavy (non-hydrogen) atoms. The number of fused-ring (bicyclic) bond motifs is 3. The molecule has 1 saturated heterocycles. The highest BCUT2D eigenvalue weighted by atomic mass is 32.2. The minimum atomic E-state index is -4.27. The summed E-state index contributed by atoms with van der Waals surface area (Å²) in [5.74, 6) is -0.845. The van der Waals surface area contributed by atoms with E-state index in [9.17, 15) is 22.8 Å². The van der Waals surface area contributed by atoms with Crippen molar-refractivity contribution in [1.82, 2.24) is 20.0 Å². The van der Waals surface area contributed by atoms with Crippen LogP contribution in [0.25, 0.3) is 11.0 Å². The molecular formula is C21H26N4O7S. The van der Waals surface area contributed by atoms with Gasteiger partial charge in [-0.15, -0.1) is 0 Å². The Morgan fingerprint density at radius 3 is 2.58 bits per heavy atom. The first-order valence-electron chi connectivity index (χ1n) is 10.6. The number of hydroxylamine groups is 1. The van der Waals surface area contributed by atoms with E-state index in [1.807, 2.05) is 0 Å². The number of imide groups is 1. The quantitative estimate of drug-likeness (QED) is 0.320. The van der Waals surface area contributed by atoms with E-state index in [0.29, 0.717) is 5.58 Å². The summed E-state index contributed by atoms with van der Waals surface area (Å²) < 4.78 is 34.2. The highest BCUT2D eigenvalue weighted by Crippen LogP contribution is 2.33. The summed E-state index contributed by atoms with van der Waals surface area (Å²) in [6.07, 6.45) is 3.72. The Labute approximate surface area is 190 Å². The third-order valence-electron chi connectivity index (χ3n) is 6.45. The molecular weight excluding hydrogens is 452 g/mol. The van der Waals surface area contributed by atoms with E-state index < -0.39 is 46.0 Å². The van der Waals surface area contributed by atoms with Gasteiger partial charge in [0.15, 0.2) is 0 Å². The molecule has 1 aromatic carbocycles. The zero-order valence-corrected chi connectivity index (χ0v) is 19.4. The first kappa shape index (κ1) is 23.2. The van der Waals surface area contributed by atoms with Crippen LogP contribution >= 0.6 is 0 Å². The van der Waals surface area contributed by atoms with Crippen LogP contribution in [-0.4, -0.2) is 66.4 Å². The molecule has 178 valence electrons. The van der Waals surface area contributed by atoms with Gasteiger partial charge in [-0.3, -0.25) is 19.7 Å². The number of likely N-dealkylation sites (N-methyl/N-ethyl adjacent to an activating group) is 1. The summed E-state index contributed by atoms with van der Waals surface area (Å²) in [7, 11) is -2.84. The lowest BCUT2D eigenvalue weighted by molar-refractivity contribution is -0.134. The maximum Gasteiger partial charge on any atom is 0.327 e. The molecule has 3 N–H and O–H groups in total. The highest BCUT2D eigenvalue weighted by molar-refractivity contribution is 7.89. The number of sulfonamides is 1. The largest absolute Gasteiger partial charge is 0.461 e. The van der Waals surface area contributed by atoms with Crippen molar-refractivity contribution < 1.29 is 32.4 Å². The predicted molar refractivity (Wildman–Crippen MR) is 116 cm³/mol. The van der Waals surface area contributed by atoms with Crippen molar-refractivity contribution in [2.45, 2.75) is 56.0 Å². The molecule has 12 heteroatoms. The number of benzene rings is 1. The second-order valence-corrected chi connectivity index (χ2v) is 10.5. The maximum atomic E-state index is 13.1. The van der Waals surface area contributed by atoms with Crippen molar-refractivity contribution in [3.8, 4) is 0 Å². The zero-order chi connectivity index (χ0) is 24.1. The molecule has 2 aromatic rings. The Morgan fingerprint density at radius 2 is 1.94 bits per heavy atom. The van der Waals surface area contributed by atoms with Crippen LogP contribution in [-0.2, 0) is 32.5 Å². The Kier molecular flexibility index (Phi) is 5.71. The molecule has 4 rings (SSSR count). The fourth-order valence-corrected chi connectivity index (χ4v) is 5.44. The fraction of sp³-hybridized carbons (Fsp3) is 0.476. The van der Waals surface area contributed by atoms with Gasteiger partial charge in [-0.25, -0.2) is 18.7 Å². The first-order valence-corrected chi connectivity index (χ1v) is 12.1. The van der Waals surface area contributed by atoms with E-state index >= 15 is 0 Å². The van der Waals surface area contributed by atoms with Gasteiger partial charge in [-0.1, -0.05) is 0 Å². The van der Waals surface area contributed by atoms with E-state index in [-0.39, 0.29) is 4.90 Å². The van der Waals surface area contributed by atoms with Crippen LogP contribution < -0.4 is 10.2 Å². The van der Waals surface area contributed by atoms with Gasteiger partial charge in [-0.2, -0.15) is 4.72 Å². The number of hydrogen-bond acceptors (Lipinski definition) is 7. The lowest BCUT2D eigenvalue weighted by atomic mass is 9.96. The second-order valence-electron chi connectivity index (χ2n) is 8.84. The number of nitrogens with zero attached hydrogens (tertiary/aromatic N) is 2. The predicted octanol–water partition coefficient (Wildman–Crippen LogP) is 1.14. The van der Waals surface area contributed by atoms with Crippen molar-refractivity contribution in [1.29, 1.82) is 0 Å². The maximum absolute atomic E-state index is 13.1. The summed E-state index contributed by atoms with van der Waals surface area (Å²) in [6.45, 7) is 2.49. The molecule has 0 unspecified atom stereocenters. The molecule has 1 aromatic heterocycles. The number of nitrogens with one attached hydrogen (secondary N) is 2. The molecule has 1 fully saturated rings. The monoisotopic (exact) mass is 478 g/mol. The van der Waals surface area contributed by atoms with Gasteiger partial charge in [0.05, 0.1) is 11.4 Å². The van der Waals surface area contributed by atoms with Gasteiger partial charge >= 0.3 is 6.03 Å². The first-order chi connectivity index (χ1) is 15.5. The Hall–Kier alpha value is -2.96. The molecule has 0 radical (unpaired) electrons. The van der Waals surface area contributed by atoms with Gasteiger partial charge in [0.25, 0.3) is 11.8 Å². The molecule has 2 heterocycles. The zero-order valence-electron chi connectivity index (χ0n) is 18.5. The molecule has 0 spiro atoms. The third kappa shape index (κ3) is 3.87. The van der Waals surface area contributed by atoms with E-state index in [4.69, 9.17) is 9.62 Å². The minimum Gasteiger partial charge on any atom is -0.461 e. The average Bonchev–Trinajstić information content (AvgIpc) is 3.23. The molecule has 0 saturated carbocycles. The lowest BCUT2D eigenvalue weighted by Crippen LogP contribution is -2.53. The van der Waals surface area contributed by atoms with Crippen LogP contribution in [0.15, 0.2) is 27.5 Å². The fourth-order valence-electron chi connectivity index (χ4n) is 4.24. The summed E-state index contributed by atoms with van der Waals surface area (Å²) in [5.41, 5.74) is 1.76. The smallest absolute Gasteiger partial charge is 0.327 e. The van der Waals surface area contributed by atoms with Crippen LogP contribution in [0.5, 0.6) is 0 Å². The number of furan rings is 1. The number of hydrogen-bond donors (Lipinski definition) is 3. The normalized spacial score (nSPS) is 19.2. The summed E-state index contributed by atoms with van der Waals surface area (Å²) in [6, 6.07) is 2.17. The van der Waals surface area contributed by atoms with Gasteiger partial charge in [0.1, 0.15) is 22.9 Å². The van der Waals surface area contributed by atoms with Crippen molar-refractivity contribution in [3.05, 3.63) is 29.5 Å². The second kappa shape index (κ2) is 8.12. The molecule has 4 amide bonds. The van der Waals surface area contributed by atoms with Gasteiger partial charge in [-0.05, 0) is 45.2 Å². The number of aryl methyl sites for hydroxylation is 2. The van der Waals surface area contributed by atoms with Crippen molar-refractivity contribution >= 4 is 38.8 Å². The minimum absolute atomic E-state index is 0.145. The summed E-state index contributed by atoms with van der Waals surface area (Å²) in [4.78, 5) is 39.2. The van der Waals surface area contributed by atoms with Crippen molar-refractivity contribution in [2.75, 3.05) is 13.6 Å². The Morgan fingerprint density at radius 1 is 1.24 bits per heavy atom. The number of rotatable bonds is 6. The number of urea groups is 1. The average molecular weight is 479 g/mol. The van der Waals surface area contributed by atoms with Crippen LogP contribution in [0.1, 0.15) is 38.0 Å². The van der Waals surface area contributed by atoms with Crippen LogP contribution in [0.3, 0.4) is 0 Å². The molecule has 1 atom stereocenters. The van der Waals surface area contributed by atoms with Gasteiger partial charge in [0.2, 0.25) is 10.0 Å². The van der Waals surface area contributed by atoms with Gasteiger partial charge < -0.3 is 9.32 Å². The van der Waals surface area contributed by atoms with Gasteiger partial charge in [0, 0.05) is 30.5 Å². The van der Waals surface area contributed by atoms with E-state index in [0.717, 1.165) is 47.3 Å². The Balaban J connectivity index is 1.62. The number of carbonyl (C=O) groups excluding carboxylic acids is 3. The SMILES string of the molecule is CN1C(=O)N(C[C@@H](NS(=O)(=O)c2ccc3c4c(oc3c2)CCCC4)C(=O)NO)C(=O)C1(C)C. The summed E-state index contributed by atoms with van der Waals surface area (Å²) in [5, 5.41) is 9.97. The molecule has 0 bridgehead atoms. The standard InChI is InChI=1S/C21H26N4O7S/c1-21(2)19(27)25(20(28)24(21)3)11-15(18(26)22-29)23-33(30,31)12-8-9-14-13-6-4-5-7-16(13)32-17(14)10-12/h8-10,15,23,29H,4-7,11H2,1-3H3,(H,22,26)/t15-/m1/s1. The molecule has 2 aliphatic rings. The summed E-state index contributed by atoms with van der Waals surface area (Å²) >= 11 is 0. The number of amides is 4. The molecule has 1 aliphatic heterocycles. The van der Waals surface area contributed by atoms with E-state index in [1.165, 1.54) is 43.4 Å². The third-order valence-corrected chi connectivity index (χ3v) is 7.92. The topological polar surface area (TPSA) is 149 Å². The number of carbonyl (C=O) groups is 3. The van der Waals surface area contributed by atoms with Crippen molar-refractivity contribution in [3.63, 3.8) is 0 Å². The van der Waals surface area contributed by atoms with Crippen LogP contribution in [0.4, 0.5) is 4.79 Å². The van der Waals surface area contributed by atoms with Crippen LogP contribution in [0, 0.1) is 0 Å². The van der Waals surface area contributed by atoms with E-state index in [2.05, 4.69) is 4.72 Å². The molecule has 11 nitrogen and oxygen atoms in total. The van der Waals surface area contributed by atoms with Crippen LogP contribution in [0.2, 0.25) is 0 Å². The lowest BCUT2D eigenvalue weighted by Gasteiger charge is -2.22. The Bertz CT molecular complexity index is 1250. The highest BCUT2D eigenvalue weighted by Gasteiger charge is 2.50. The van der Waals surface area contributed by atoms with E-state index in [1.54, 1.807) is 6.07 Å². The molecule has 1 aliphatic carbocycles. The van der Waals surface area contributed by atoms with Crippen molar-refractivity contribution in [2.24, 2.45) is 0 Å².